The van der Waals surface area contributed by atoms with Crippen molar-refractivity contribution in [3.8, 4) is 0 Å². The van der Waals surface area contributed by atoms with E-state index < -0.39 is 0 Å². The number of hydrogen-bond acceptors (Lipinski definition) is 2. The molecule has 0 saturated heterocycles. The summed E-state index contributed by atoms with van der Waals surface area (Å²) in [5.74, 6) is 0.525. The number of nitrogen functional groups attached to an aromatic ring is 1. The second-order valence-electron chi connectivity index (χ2n) is 4.55. The summed E-state index contributed by atoms with van der Waals surface area (Å²) < 4.78 is 0. The van der Waals surface area contributed by atoms with E-state index in [0.29, 0.717) is 27.2 Å². The summed E-state index contributed by atoms with van der Waals surface area (Å²) in [7, 11) is 0. The van der Waals surface area contributed by atoms with Gasteiger partial charge in [0.15, 0.2) is 0 Å². The molecular weight excluding hydrogens is 255 g/mol. The summed E-state index contributed by atoms with van der Waals surface area (Å²) in [4.78, 5) is 4.54. The Morgan fingerprint density at radius 3 is 2.53 bits per heavy atom. The Hall–Kier alpha value is -0.990. The van der Waals surface area contributed by atoms with E-state index in [1.807, 2.05) is 6.07 Å². The molecule has 0 spiro atoms. The third-order valence-corrected chi connectivity index (χ3v) is 3.18. The molecule has 0 bridgehead atoms. The van der Waals surface area contributed by atoms with Gasteiger partial charge in [0.05, 0.1) is 15.6 Å². The molecule has 4 heteroatoms. The van der Waals surface area contributed by atoms with Gasteiger partial charge in [-0.1, -0.05) is 37.0 Å². The second-order valence-corrected chi connectivity index (χ2v) is 5.37. The number of nitrogens with two attached hydrogens (primary N) is 1. The van der Waals surface area contributed by atoms with Gasteiger partial charge in [-0.15, -0.1) is 0 Å². The monoisotopic (exact) mass is 268 g/mol. The van der Waals surface area contributed by atoms with Crippen molar-refractivity contribution in [2.24, 2.45) is 5.92 Å². The lowest BCUT2D eigenvalue weighted by Crippen LogP contribution is -2.00. The van der Waals surface area contributed by atoms with E-state index >= 15 is 0 Å². The van der Waals surface area contributed by atoms with Crippen molar-refractivity contribution in [1.82, 2.24) is 4.98 Å². The Labute approximate surface area is 111 Å². The molecule has 2 rings (SSSR count). The molecular formula is C13H14Cl2N2. The number of halogens is 2. The van der Waals surface area contributed by atoms with E-state index in [9.17, 15) is 0 Å². The summed E-state index contributed by atoms with van der Waals surface area (Å²) in [6.07, 6.45) is 0.878. The van der Waals surface area contributed by atoms with Gasteiger partial charge in [0.25, 0.3) is 0 Å². The fourth-order valence-corrected chi connectivity index (χ4v) is 2.34. The van der Waals surface area contributed by atoms with Gasteiger partial charge in [0.1, 0.15) is 0 Å². The Morgan fingerprint density at radius 1 is 1.24 bits per heavy atom. The molecule has 0 aliphatic carbocycles. The zero-order valence-electron chi connectivity index (χ0n) is 9.80. The van der Waals surface area contributed by atoms with Crippen molar-refractivity contribution in [3.63, 3.8) is 0 Å². The quantitative estimate of drug-likeness (QED) is 0.881. The Morgan fingerprint density at radius 2 is 1.88 bits per heavy atom. The van der Waals surface area contributed by atoms with Crippen molar-refractivity contribution in [2.45, 2.75) is 20.3 Å². The highest BCUT2D eigenvalue weighted by Crippen LogP contribution is 2.33. The molecule has 17 heavy (non-hydrogen) atoms. The lowest BCUT2D eigenvalue weighted by atomic mass is 10.1. The number of benzene rings is 1. The molecule has 0 aliphatic rings. The van der Waals surface area contributed by atoms with Crippen LogP contribution in [0.5, 0.6) is 0 Å². The van der Waals surface area contributed by atoms with E-state index in [4.69, 9.17) is 28.9 Å². The molecule has 2 N–H and O–H groups in total. The summed E-state index contributed by atoms with van der Waals surface area (Å²) >= 11 is 12.2. The zero-order valence-corrected chi connectivity index (χ0v) is 11.3. The number of nitrogens with zero attached hydrogens (tertiary/aromatic N) is 1. The van der Waals surface area contributed by atoms with Gasteiger partial charge >= 0.3 is 0 Å². The van der Waals surface area contributed by atoms with Crippen LogP contribution in [0.4, 0.5) is 5.69 Å². The molecule has 0 unspecified atom stereocenters. The van der Waals surface area contributed by atoms with Crippen molar-refractivity contribution in [2.75, 3.05) is 5.73 Å². The first-order valence-electron chi connectivity index (χ1n) is 5.52. The van der Waals surface area contributed by atoms with Gasteiger partial charge in [0, 0.05) is 16.8 Å². The molecule has 2 nitrogen and oxygen atoms in total. The number of rotatable bonds is 2. The van der Waals surface area contributed by atoms with Crippen molar-refractivity contribution in [3.05, 3.63) is 33.9 Å². The standard InChI is InChI=1S/C13H14Cl2N2/c1-7(2)5-8-6-11(16)12-9(14)3-4-10(15)13(12)17-8/h3-4,6-7H,5H2,1-2H3,(H2,16,17). The van der Waals surface area contributed by atoms with Crippen LogP contribution >= 0.6 is 23.2 Å². The minimum Gasteiger partial charge on any atom is -0.398 e. The first-order chi connectivity index (χ1) is 7.99. The summed E-state index contributed by atoms with van der Waals surface area (Å²) in [5.41, 5.74) is 8.30. The molecule has 90 valence electrons. The van der Waals surface area contributed by atoms with Crippen LogP contribution in [-0.4, -0.2) is 4.98 Å². The number of aromatic nitrogens is 1. The molecule has 0 amide bonds. The predicted molar refractivity (Wildman–Crippen MR) is 74.7 cm³/mol. The van der Waals surface area contributed by atoms with Crippen LogP contribution in [0.15, 0.2) is 18.2 Å². The van der Waals surface area contributed by atoms with Gasteiger partial charge < -0.3 is 5.73 Å². The van der Waals surface area contributed by atoms with Crippen molar-refractivity contribution >= 4 is 39.8 Å². The van der Waals surface area contributed by atoms with Gasteiger partial charge in [-0.05, 0) is 30.5 Å². The van der Waals surface area contributed by atoms with Crippen LogP contribution in [0.1, 0.15) is 19.5 Å². The average Bonchev–Trinajstić information content (AvgIpc) is 2.22. The van der Waals surface area contributed by atoms with Gasteiger partial charge in [-0.3, -0.25) is 4.98 Å². The maximum atomic E-state index is 6.13. The number of fused-ring (bicyclic) bond motifs is 1. The molecule has 1 aromatic carbocycles. The highest BCUT2D eigenvalue weighted by atomic mass is 35.5. The number of pyridine rings is 1. The summed E-state index contributed by atoms with van der Waals surface area (Å²) in [5, 5.41) is 1.92. The normalized spacial score (nSPS) is 11.4. The minimum atomic E-state index is 0.525. The molecule has 0 radical (unpaired) electrons. The van der Waals surface area contributed by atoms with E-state index in [1.54, 1.807) is 12.1 Å². The molecule has 0 aliphatic heterocycles. The van der Waals surface area contributed by atoms with Gasteiger partial charge in [-0.25, -0.2) is 0 Å². The van der Waals surface area contributed by atoms with Crippen molar-refractivity contribution in [1.29, 1.82) is 0 Å². The van der Waals surface area contributed by atoms with Gasteiger partial charge in [-0.2, -0.15) is 0 Å². The fourth-order valence-electron chi connectivity index (χ4n) is 1.88. The number of anilines is 1. The third kappa shape index (κ3) is 2.48. The average molecular weight is 269 g/mol. The second kappa shape index (κ2) is 4.71. The zero-order chi connectivity index (χ0) is 12.6. The SMILES string of the molecule is CC(C)Cc1cc(N)c2c(Cl)ccc(Cl)c2n1. The van der Waals surface area contributed by atoms with E-state index in [0.717, 1.165) is 17.5 Å². The van der Waals surface area contributed by atoms with Crippen LogP contribution in [0.3, 0.4) is 0 Å². The van der Waals surface area contributed by atoms with E-state index in [1.165, 1.54) is 0 Å². The molecule has 0 fully saturated rings. The summed E-state index contributed by atoms with van der Waals surface area (Å²) in [6, 6.07) is 5.37. The van der Waals surface area contributed by atoms with E-state index in [-0.39, 0.29) is 0 Å². The third-order valence-electron chi connectivity index (χ3n) is 2.56. The van der Waals surface area contributed by atoms with Crippen LogP contribution in [0, 0.1) is 5.92 Å². The van der Waals surface area contributed by atoms with Crippen LogP contribution in [-0.2, 0) is 6.42 Å². The highest BCUT2D eigenvalue weighted by molar-refractivity contribution is 6.40. The molecule has 0 saturated carbocycles. The topological polar surface area (TPSA) is 38.9 Å². The first kappa shape index (κ1) is 12.5. The maximum Gasteiger partial charge on any atom is 0.0927 e. The molecule has 1 heterocycles. The van der Waals surface area contributed by atoms with Gasteiger partial charge in [0.2, 0.25) is 0 Å². The minimum absolute atomic E-state index is 0.525. The fraction of sp³-hybridized carbons (Fsp3) is 0.308. The van der Waals surface area contributed by atoms with Crippen LogP contribution < -0.4 is 5.73 Å². The smallest absolute Gasteiger partial charge is 0.0927 e. The van der Waals surface area contributed by atoms with Crippen LogP contribution in [0.2, 0.25) is 10.0 Å². The molecule has 2 aromatic rings. The Balaban J connectivity index is 2.68. The van der Waals surface area contributed by atoms with E-state index in [2.05, 4.69) is 18.8 Å². The molecule has 1 aromatic heterocycles. The predicted octanol–water partition coefficient (Wildman–Crippen LogP) is 4.32. The van der Waals surface area contributed by atoms with Crippen molar-refractivity contribution < 1.29 is 0 Å². The Kier molecular flexibility index (Phi) is 3.45. The van der Waals surface area contributed by atoms with Crippen LogP contribution in [0.25, 0.3) is 10.9 Å². The number of hydrogen-bond donors (Lipinski definition) is 1. The lowest BCUT2D eigenvalue weighted by Gasteiger charge is -2.10. The summed E-state index contributed by atoms with van der Waals surface area (Å²) in [6.45, 7) is 4.28. The maximum absolute atomic E-state index is 6.13. The highest BCUT2D eigenvalue weighted by Gasteiger charge is 2.11. The lowest BCUT2D eigenvalue weighted by molar-refractivity contribution is 0.637. The Bertz CT molecular complexity index is 565. The molecule has 0 atom stereocenters. The largest absolute Gasteiger partial charge is 0.398 e. The first-order valence-corrected chi connectivity index (χ1v) is 6.27.